The first kappa shape index (κ1) is 39.6. The number of para-hydroxylation sites is 3. The SMILES string of the molecule is O=C([O-])c1ccccc1OS(=O)(=O)O.O=C([O-])c1ccccc1OS(=O)(=O)O.O=C([O-])c1ccccc1OS(=O)(=O)O.[Nd+3]. The number of aromatic carboxylic acids is 3. The number of benzene rings is 3. The van der Waals surface area contributed by atoms with Gasteiger partial charge in [-0.2, -0.15) is 25.3 Å². The Morgan fingerprint density at radius 1 is 0.465 bits per heavy atom. The number of hydrogen-bond acceptors (Lipinski definition) is 15. The van der Waals surface area contributed by atoms with Gasteiger partial charge in [0.15, 0.2) is 17.2 Å². The monoisotopic (exact) mass is 793 g/mol. The third kappa shape index (κ3) is 16.1. The van der Waals surface area contributed by atoms with Crippen molar-refractivity contribution >= 4 is 49.1 Å². The molecule has 0 saturated carbocycles. The summed E-state index contributed by atoms with van der Waals surface area (Å²) in [6.45, 7) is 0. The van der Waals surface area contributed by atoms with Crippen LogP contribution in [0.25, 0.3) is 0 Å². The van der Waals surface area contributed by atoms with E-state index in [1.165, 1.54) is 36.4 Å². The van der Waals surface area contributed by atoms with E-state index in [-0.39, 0.29) is 40.8 Å². The number of rotatable bonds is 9. The van der Waals surface area contributed by atoms with Crippen LogP contribution in [0.1, 0.15) is 31.1 Å². The van der Waals surface area contributed by atoms with E-state index in [9.17, 15) is 55.0 Å². The van der Waals surface area contributed by atoms with Crippen molar-refractivity contribution in [1.29, 1.82) is 0 Å². The van der Waals surface area contributed by atoms with Crippen molar-refractivity contribution in [2.24, 2.45) is 0 Å². The molecule has 3 aromatic carbocycles. The smallest absolute Gasteiger partial charge is 0.545 e. The van der Waals surface area contributed by atoms with Crippen molar-refractivity contribution in [3.8, 4) is 17.2 Å². The number of hydrogen-bond donors (Lipinski definition) is 3. The molecule has 0 saturated heterocycles. The van der Waals surface area contributed by atoms with Crippen LogP contribution in [0, 0.1) is 40.8 Å². The maximum atomic E-state index is 10.4. The Morgan fingerprint density at radius 3 is 0.814 bits per heavy atom. The average molecular weight is 796 g/mol. The molecule has 0 atom stereocenters. The van der Waals surface area contributed by atoms with Gasteiger partial charge < -0.3 is 42.3 Å². The first-order valence-electron chi connectivity index (χ1n) is 10.1. The summed E-state index contributed by atoms with van der Waals surface area (Å²) in [6.07, 6.45) is 0. The second-order valence-electron chi connectivity index (χ2n) is 6.88. The standard InChI is InChI=1S/3C7H6O6S.Nd/c3*8-7(9)5-3-1-2-4-6(5)13-14(10,11)12;/h3*1-4H,(H,8,9)(H,10,11,12);/q;;;+3/p-3. The zero-order chi connectivity index (χ0) is 32.3. The van der Waals surface area contributed by atoms with Crippen LogP contribution in [-0.2, 0) is 31.2 Å². The van der Waals surface area contributed by atoms with E-state index in [1.807, 2.05) is 0 Å². The van der Waals surface area contributed by atoms with Crippen molar-refractivity contribution in [2.75, 3.05) is 0 Å². The third-order valence-corrected chi connectivity index (χ3v) is 5.08. The van der Waals surface area contributed by atoms with Crippen LogP contribution in [0.5, 0.6) is 17.2 Å². The first-order chi connectivity index (χ1) is 19.2. The molecule has 22 heteroatoms. The Labute approximate surface area is 275 Å². The van der Waals surface area contributed by atoms with Crippen molar-refractivity contribution in [1.82, 2.24) is 0 Å². The Kier molecular flexibility index (Phi) is 15.6. The fraction of sp³-hybridized carbons (Fsp3) is 0. The van der Waals surface area contributed by atoms with E-state index in [0.717, 1.165) is 36.4 Å². The molecule has 0 amide bonds. The summed E-state index contributed by atoms with van der Waals surface area (Å²) >= 11 is 0. The molecule has 3 N–H and O–H groups in total. The van der Waals surface area contributed by atoms with Gasteiger partial charge in [-0.1, -0.05) is 36.4 Å². The zero-order valence-electron chi connectivity index (χ0n) is 20.6. The van der Waals surface area contributed by atoms with Crippen molar-refractivity contribution in [2.45, 2.75) is 0 Å². The molecule has 0 fully saturated rings. The summed E-state index contributed by atoms with van der Waals surface area (Å²) in [6, 6.07) is 14.7. The molecule has 3 rings (SSSR count). The fourth-order valence-electron chi connectivity index (χ4n) is 2.46. The minimum Gasteiger partial charge on any atom is -0.545 e. The molecule has 18 nitrogen and oxygen atoms in total. The minimum absolute atomic E-state index is 0. The maximum absolute atomic E-state index is 10.4. The molecule has 229 valence electrons. The summed E-state index contributed by atoms with van der Waals surface area (Å²) in [4.78, 5) is 31.3. The minimum atomic E-state index is -4.72. The molecule has 3 aromatic rings. The molecule has 0 aliphatic rings. The number of carbonyl (C=O) groups excluding carboxylic acids is 3. The molecule has 0 aromatic heterocycles. The Hall–Kier alpha value is -3.45. The predicted octanol–water partition coefficient (Wildman–Crippen LogP) is -2.30. The summed E-state index contributed by atoms with van der Waals surface area (Å²) in [5.74, 6) is -6.25. The van der Waals surface area contributed by atoms with Crippen LogP contribution in [0.2, 0.25) is 0 Å². The summed E-state index contributed by atoms with van der Waals surface area (Å²) < 4.78 is 98.7. The van der Waals surface area contributed by atoms with Crippen LogP contribution in [-0.4, -0.2) is 56.8 Å². The van der Waals surface area contributed by atoms with Gasteiger partial charge in [0.2, 0.25) is 0 Å². The van der Waals surface area contributed by atoms with Gasteiger partial charge in [-0.15, -0.1) is 0 Å². The summed E-state index contributed by atoms with van der Waals surface area (Å²) in [5, 5.41) is 31.3. The van der Waals surface area contributed by atoms with Crippen LogP contribution < -0.4 is 27.9 Å². The Bertz CT molecular complexity index is 1560. The normalized spacial score (nSPS) is 10.7. The third-order valence-electron chi connectivity index (χ3n) is 3.91. The Morgan fingerprint density at radius 2 is 0.651 bits per heavy atom. The zero-order valence-corrected chi connectivity index (χ0v) is 26.3. The topological polar surface area (TPSA) is 311 Å². The summed E-state index contributed by atoms with van der Waals surface area (Å²) in [7, 11) is -14.2. The molecule has 0 aliphatic carbocycles. The molecule has 0 bridgehead atoms. The van der Waals surface area contributed by atoms with Gasteiger partial charge in [0.05, 0.1) is 17.9 Å². The van der Waals surface area contributed by atoms with Crippen LogP contribution >= 0.6 is 0 Å². The van der Waals surface area contributed by atoms with Gasteiger partial charge in [0, 0.05) is 16.7 Å². The van der Waals surface area contributed by atoms with E-state index in [1.54, 1.807) is 0 Å². The number of carboxylic acid groups (broad SMARTS) is 3. The molecule has 0 heterocycles. The summed E-state index contributed by atoms with van der Waals surface area (Å²) in [5.41, 5.74) is -1.36. The number of carboxylic acids is 3. The molecule has 0 aliphatic heterocycles. The largest absolute Gasteiger partial charge is 3.00 e. The molecular weight excluding hydrogens is 781 g/mol. The van der Waals surface area contributed by atoms with Crippen LogP contribution in [0.4, 0.5) is 0 Å². The van der Waals surface area contributed by atoms with E-state index >= 15 is 0 Å². The van der Waals surface area contributed by atoms with Gasteiger partial charge in [-0.05, 0) is 36.4 Å². The number of carbonyl (C=O) groups is 3. The van der Waals surface area contributed by atoms with Gasteiger partial charge >= 0.3 is 72.0 Å². The van der Waals surface area contributed by atoms with Gasteiger partial charge in [-0.25, -0.2) is 0 Å². The van der Waals surface area contributed by atoms with E-state index in [0.29, 0.717) is 0 Å². The predicted molar refractivity (Wildman–Crippen MR) is 129 cm³/mol. The van der Waals surface area contributed by atoms with Crippen molar-refractivity contribution in [3.05, 3.63) is 89.5 Å². The van der Waals surface area contributed by atoms with Crippen LogP contribution in [0.3, 0.4) is 0 Å². The van der Waals surface area contributed by atoms with Gasteiger partial charge in [0.1, 0.15) is 0 Å². The van der Waals surface area contributed by atoms with Crippen molar-refractivity contribution < 1.29 is 122 Å². The second kappa shape index (κ2) is 17.0. The maximum Gasteiger partial charge on any atom is 3.00 e. The average Bonchev–Trinajstić information content (AvgIpc) is 2.82. The van der Waals surface area contributed by atoms with Gasteiger partial charge in [-0.3, -0.25) is 13.7 Å². The van der Waals surface area contributed by atoms with Crippen molar-refractivity contribution in [3.63, 3.8) is 0 Å². The molecule has 1 radical (unpaired) electrons. The van der Waals surface area contributed by atoms with Gasteiger partial charge in [0.25, 0.3) is 0 Å². The fourth-order valence-corrected chi connectivity index (χ4v) is 3.58. The van der Waals surface area contributed by atoms with E-state index in [4.69, 9.17) is 13.7 Å². The molecular formula is C21H15NdO18S3. The van der Waals surface area contributed by atoms with Crippen LogP contribution in [0.15, 0.2) is 72.8 Å². The molecule has 43 heavy (non-hydrogen) atoms. The van der Waals surface area contributed by atoms with E-state index in [2.05, 4.69) is 12.5 Å². The molecule has 0 spiro atoms. The Balaban J connectivity index is 0.000000608. The molecule has 0 unspecified atom stereocenters. The quantitative estimate of drug-likeness (QED) is 0.192. The van der Waals surface area contributed by atoms with E-state index < -0.39 is 83.0 Å². The second-order valence-corrected chi connectivity index (χ2v) is 9.95. The first-order valence-corrected chi connectivity index (χ1v) is 14.2.